The molecule has 0 N–H and O–H groups in total. The fourth-order valence-corrected chi connectivity index (χ4v) is 2.00. The molecule has 1 amide bonds. The van der Waals surface area contributed by atoms with Crippen molar-refractivity contribution in [3.05, 3.63) is 18.2 Å². The van der Waals surface area contributed by atoms with Gasteiger partial charge >= 0.3 is 6.09 Å². The fraction of sp³-hybridized carbons (Fsp3) is 0.500. The topological polar surface area (TPSA) is 71.8 Å². The van der Waals surface area contributed by atoms with Gasteiger partial charge in [0.05, 0.1) is 18.2 Å². The maximum Gasteiger partial charge on any atom is 0.414 e. The summed E-state index contributed by atoms with van der Waals surface area (Å²) in [7, 11) is 0. The van der Waals surface area contributed by atoms with E-state index in [1.54, 1.807) is 39.0 Å². The quantitative estimate of drug-likeness (QED) is 0.858. The third kappa shape index (κ3) is 4.04. The molecule has 2 rings (SSSR count). The molecule has 1 aliphatic rings. The highest BCUT2D eigenvalue weighted by Gasteiger charge is 2.24. The van der Waals surface area contributed by atoms with Gasteiger partial charge in [-0.3, -0.25) is 4.90 Å². The van der Waals surface area contributed by atoms with Crippen molar-refractivity contribution in [2.45, 2.75) is 32.8 Å². The fourth-order valence-electron chi connectivity index (χ4n) is 2.00. The second-order valence-corrected chi connectivity index (χ2v) is 5.87. The van der Waals surface area contributed by atoms with Crippen molar-refractivity contribution < 1.29 is 19.0 Å². The molecule has 0 bridgehead atoms. The summed E-state index contributed by atoms with van der Waals surface area (Å²) in [5.41, 5.74) is 0.0178. The number of ether oxygens (including phenoxy) is 3. The molecule has 22 heavy (non-hydrogen) atoms. The van der Waals surface area contributed by atoms with Crippen molar-refractivity contribution in [1.82, 2.24) is 0 Å². The lowest BCUT2D eigenvalue weighted by Crippen LogP contribution is -2.37. The molecule has 1 aromatic rings. The molecule has 1 aliphatic heterocycles. The Hall–Kier alpha value is -2.42. The maximum absolute atomic E-state index is 12.4. The first-order valence-electron chi connectivity index (χ1n) is 7.18. The van der Waals surface area contributed by atoms with Gasteiger partial charge in [-0.1, -0.05) is 0 Å². The van der Waals surface area contributed by atoms with Crippen molar-refractivity contribution in [1.29, 1.82) is 5.26 Å². The summed E-state index contributed by atoms with van der Waals surface area (Å²) in [6.45, 7) is 6.65. The van der Waals surface area contributed by atoms with Crippen molar-refractivity contribution >= 4 is 11.8 Å². The van der Waals surface area contributed by atoms with E-state index in [4.69, 9.17) is 19.5 Å². The van der Waals surface area contributed by atoms with Gasteiger partial charge < -0.3 is 14.2 Å². The van der Waals surface area contributed by atoms with E-state index in [9.17, 15) is 4.79 Å². The van der Waals surface area contributed by atoms with Gasteiger partial charge in [0.25, 0.3) is 0 Å². The van der Waals surface area contributed by atoms with Crippen LogP contribution >= 0.6 is 0 Å². The van der Waals surface area contributed by atoms with Gasteiger partial charge in [-0.05, 0) is 32.9 Å². The number of amides is 1. The van der Waals surface area contributed by atoms with E-state index in [2.05, 4.69) is 0 Å². The number of carbonyl (C=O) groups is 1. The molecular weight excluding hydrogens is 284 g/mol. The highest BCUT2D eigenvalue weighted by atomic mass is 16.6. The first kappa shape index (κ1) is 16.0. The number of nitrogens with zero attached hydrogens (tertiary/aromatic N) is 2. The first-order chi connectivity index (χ1) is 10.4. The Morgan fingerprint density at radius 3 is 2.64 bits per heavy atom. The summed E-state index contributed by atoms with van der Waals surface area (Å²) in [6, 6.07) is 7.29. The third-order valence-corrected chi connectivity index (χ3v) is 2.90. The van der Waals surface area contributed by atoms with Gasteiger partial charge in [0.2, 0.25) is 0 Å². The van der Waals surface area contributed by atoms with E-state index in [0.29, 0.717) is 30.4 Å². The zero-order chi connectivity index (χ0) is 16.2. The molecule has 0 radical (unpaired) electrons. The van der Waals surface area contributed by atoms with Crippen LogP contribution in [0.1, 0.15) is 27.2 Å². The van der Waals surface area contributed by atoms with Crippen LogP contribution in [0.5, 0.6) is 11.5 Å². The van der Waals surface area contributed by atoms with E-state index in [1.807, 2.05) is 6.07 Å². The third-order valence-electron chi connectivity index (χ3n) is 2.90. The zero-order valence-electron chi connectivity index (χ0n) is 13.1. The Balaban J connectivity index is 2.25. The van der Waals surface area contributed by atoms with Crippen molar-refractivity contribution in [2.75, 3.05) is 24.7 Å². The van der Waals surface area contributed by atoms with Gasteiger partial charge in [-0.15, -0.1) is 0 Å². The van der Waals surface area contributed by atoms with E-state index < -0.39 is 11.7 Å². The second-order valence-electron chi connectivity index (χ2n) is 5.87. The summed E-state index contributed by atoms with van der Waals surface area (Å²) in [5, 5.41) is 8.79. The first-order valence-corrected chi connectivity index (χ1v) is 7.18. The second kappa shape index (κ2) is 6.56. The van der Waals surface area contributed by atoms with Gasteiger partial charge in [0.1, 0.15) is 18.8 Å². The lowest BCUT2D eigenvalue weighted by atomic mass is 10.2. The molecule has 0 unspecified atom stereocenters. The van der Waals surface area contributed by atoms with Crippen LogP contribution in [0.3, 0.4) is 0 Å². The average Bonchev–Trinajstić information content (AvgIpc) is 2.45. The van der Waals surface area contributed by atoms with Crippen LogP contribution in [0, 0.1) is 11.3 Å². The largest absolute Gasteiger partial charge is 0.486 e. The van der Waals surface area contributed by atoms with Gasteiger partial charge in [-0.2, -0.15) is 5.26 Å². The average molecular weight is 304 g/mol. The molecule has 0 aliphatic carbocycles. The van der Waals surface area contributed by atoms with Gasteiger partial charge in [0, 0.05) is 12.6 Å². The van der Waals surface area contributed by atoms with Crippen molar-refractivity contribution in [2.24, 2.45) is 0 Å². The van der Waals surface area contributed by atoms with Crippen LogP contribution in [0.15, 0.2) is 18.2 Å². The number of rotatable bonds is 3. The van der Waals surface area contributed by atoms with E-state index >= 15 is 0 Å². The summed E-state index contributed by atoms with van der Waals surface area (Å²) >= 11 is 0. The number of carbonyl (C=O) groups excluding carboxylic acids is 1. The Morgan fingerprint density at radius 1 is 1.32 bits per heavy atom. The molecule has 0 aromatic heterocycles. The van der Waals surface area contributed by atoms with Gasteiger partial charge in [0.15, 0.2) is 11.5 Å². The lowest BCUT2D eigenvalue weighted by molar-refractivity contribution is 0.0581. The van der Waals surface area contributed by atoms with E-state index in [0.717, 1.165) is 0 Å². The maximum atomic E-state index is 12.4. The minimum absolute atomic E-state index is 0.216. The van der Waals surface area contributed by atoms with Gasteiger partial charge in [-0.25, -0.2) is 4.79 Å². The number of benzene rings is 1. The molecule has 0 saturated heterocycles. The zero-order valence-corrected chi connectivity index (χ0v) is 13.1. The van der Waals surface area contributed by atoms with Crippen LogP contribution in [0.2, 0.25) is 0 Å². The normalized spacial score (nSPS) is 13.2. The highest BCUT2D eigenvalue weighted by Crippen LogP contribution is 2.34. The van der Waals surface area contributed by atoms with Crippen LogP contribution in [0.4, 0.5) is 10.5 Å². The molecule has 0 saturated carbocycles. The molecule has 0 atom stereocenters. The molecule has 1 heterocycles. The van der Waals surface area contributed by atoms with E-state index in [1.165, 1.54) is 4.90 Å². The minimum atomic E-state index is -0.601. The summed E-state index contributed by atoms with van der Waals surface area (Å²) in [4.78, 5) is 13.8. The SMILES string of the molecule is CC(C)(C)OC(=O)N(CCC#N)c1ccc2c(c1)OCCO2. The molecule has 6 nitrogen and oxygen atoms in total. The highest BCUT2D eigenvalue weighted by molar-refractivity contribution is 5.88. The Kier molecular flexibility index (Phi) is 4.76. The van der Waals surface area contributed by atoms with Crippen LogP contribution < -0.4 is 14.4 Å². The molecule has 0 fully saturated rings. The minimum Gasteiger partial charge on any atom is -0.486 e. The Bertz CT molecular complexity index is 587. The number of nitriles is 1. The Morgan fingerprint density at radius 2 is 2.00 bits per heavy atom. The monoisotopic (exact) mass is 304 g/mol. The molecular formula is C16H20N2O4. The van der Waals surface area contributed by atoms with Crippen LogP contribution in [0.25, 0.3) is 0 Å². The standard InChI is InChI=1S/C16H20N2O4/c1-16(2,3)22-15(19)18(8-4-7-17)12-5-6-13-14(11-12)21-10-9-20-13/h5-6,11H,4,8-10H2,1-3H3. The van der Waals surface area contributed by atoms with Crippen molar-refractivity contribution in [3.8, 4) is 17.6 Å². The lowest BCUT2D eigenvalue weighted by Gasteiger charge is -2.28. The predicted molar refractivity (Wildman–Crippen MR) is 81.2 cm³/mol. The van der Waals surface area contributed by atoms with Crippen LogP contribution in [-0.4, -0.2) is 31.5 Å². The molecule has 118 valence electrons. The number of hydrogen-bond donors (Lipinski definition) is 0. The number of fused-ring (bicyclic) bond motifs is 1. The molecule has 0 spiro atoms. The Labute approximate surface area is 130 Å². The summed E-state index contributed by atoms with van der Waals surface area (Å²) < 4.78 is 16.4. The van der Waals surface area contributed by atoms with E-state index in [-0.39, 0.29) is 13.0 Å². The molecule has 6 heteroatoms. The smallest absolute Gasteiger partial charge is 0.414 e. The van der Waals surface area contributed by atoms with Crippen molar-refractivity contribution in [3.63, 3.8) is 0 Å². The number of anilines is 1. The number of hydrogen-bond acceptors (Lipinski definition) is 5. The summed E-state index contributed by atoms with van der Waals surface area (Å²) in [6.07, 6.45) is -0.271. The summed E-state index contributed by atoms with van der Waals surface area (Å²) in [5.74, 6) is 1.24. The molecule has 1 aromatic carbocycles. The van der Waals surface area contributed by atoms with Crippen LogP contribution in [-0.2, 0) is 4.74 Å². The predicted octanol–water partition coefficient (Wildman–Crippen LogP) is 3.11.